The number of hydrogen-bond donors (Lipinski definition) is 1. The zero-order chi connectivity index (χ0) is 33.5. The average molecular weight is 678 g/mol. The maximum Gasteiger partial charge on any atom is 0.351 e. The SMILES string of the molecule is COc1ccc(C(OC[C@H]2O[C@@H](n3ccc(NC(=O)c4ccccc4)nc3=O)C[C@@H]2SC(C)=S)(c2ccccc2)c2ccccc2)cc1. The highest BCUT2D eigenvalue weighted by atomic mass is 32.2. The fourth-order valence-electron chi connectivity index (χ4n) is 5.97. The summed E-state index contributed by atoms with van der Waals surface area (Å²) in [6.07, 6.45) is 1.10. The van der Waals surface area contributed by atoms with Gasteiger partial charge in [-0.25, -0.2) is 4.79 Å². The summed E-state index contributed by atoms with van der Waals surface area (Å²) in [7, 11) is 1.64. The van der Waals surface area contributed by atoms with Gasteiger partial charge in [-0.3, -0.25) is 9.36 Å². The van der Waals surface area contributed by atoms with E-state index in [9.17, 15) is 9.59 Å². The minimum atomic E-state index is -0.977. The van der Waals surface area contributed by atoms with E-state index in [1.54, 1.807) is 55.4 Å². The Morgan fingerprint density at radius 1 is 0.917 bits per heavy atom. The standard InChI is InChI=1S/C38H35N3O5S2/c1-26(47)48-33-24-35(41-23-22-34(40-37(41)43)39-36(42)27-12-6-3-7-13-27)46-32(33)25-45-38(28-14-8-4-9-15-28,29-16-10-5-11-17-29)30-18-20-31(44-2)21-19-30/h3-23,32-33,35H,24-25H2,1-2H3,(H,39,40,42,43)/t32-,33+,35-/m1/s1. The molecule has 1 aliphatic rings. The Morgan fingerprint density at radius 2 is 1.50 bits per heavy atom. The second kappa shape index (κ2) is 15.1. The van der Waals surface area contributed by atoms with Crippen LogP contribution in [-0.4, -0.2) is 44.7 Å². The van der Waals surface area contributed by atoms with Crippen molar-refractivity contribution in [2.24, 2.45) is 0 Å². The third-order valence-corrected chi connectivity index (χ3v) is 9.66. The van der Waals surface area contributed by atoms with Crippen LogP contribution in [0.5, 0.6) is 5.75 Å². The van der Waals surface area contributed by atoms with Crippen LogP contribution < -0.4 is 15.7 Å². The third-order valence-electron chi connectivity index (χ3n) is 8.24. The van der Waals surface area contributed by atoms with E-state index in [-0.39, 0.29) is 23.6 Å². The van der Waals surface area contributed by atoms with Gasteiger partial charge in [-0.2, -0.15) is 4.98 Å². The molecule has 1 amide bonds. The fraction of sp³-hybridized carbons (Fsp3) is 0.211. The first-order valence-corrected chi connectivity index (χ1v) is 16.8. The molecule has 0 saturated carbocycles. The van der Waals surface area contributed by atoms with Crippen molar-refractivity contribution in [2.45, 2.75) is 36.5 Å². The predicted octanol–water partition coefficient (Wildman–Crippen LogP) is 7.25. The van der Waals surface area contributed by atoms with Gasteiger partial charge in [0, 0.05) is 27.6 Å². The fourth-order valence-corrected chi connectivity index (χ4v) is 7.32. The molecule has 5 aromatic rings. The summed E-state index contributed by atoms with van der Waals surface area (Å²) in [5.74, 6) is 0.562. The normalized spacial score (nSPS) is 17.5. The highest BCUT2D eigenvalue weighted by Gasteiger charge is 2.43. The van der Waals surface area contributed by atoms with Gasteiger partial charge in [0.15, 0.2) is 0 Å². The Kier molecular flexibility index (Phi) is 10.5. The first-order valence-electron chi connectivity index (χ1n) is 15.5. The van der Waals surface area contributed by atoms with E-state index < -0.39 is 23.6 Å². The summed E-state index contributed by atoms with van der Waals surface area (Å²) in [6.45, 7) is 2.10. The van der Waals surface area contributed by atoms with Crippen LogP contribution in [0, 0.1) is 0 Å². The number of nitrogens with one attached hydrogen (secondary N) is 1. The Hall–Kier alpha value is -4.61. The topological polar surface area (TPSA) is 91.7 Å². The van der Waals surface area contributed by atoms with Crippen molar-refractivity contribution in [1.82, 2.24) is 9.55 Å². The van der Waals surface area contributed by atoms with Gasteiger partial charge in [0.2, 0.25) is 0 Å². The third kappa shape index (κ3) is 7.27. The minimum absolute atomic E-state index is 0.0861. The molecule has 1 aliphatic heterocycles. The number of nitrogens with zero attached hydrogens (tertiary/aromatic N) is 2. The molecule has 10 heteroatoms. The van der Waals surface area contributed by atoms with Gasteiger partial charge in [-0.15, -0.1) is 11.8 Å². The van der Waals surface area contributed by atoms with Crippen molar-refractivity contribution in [1.29, 1.82) is 0 Å². The number of hydrogen-bond acceptors (Lipinski definition) is 8. The van der Waals surface area contributed by atoms with Crippen LogP contribution in [0.1, 0.15) is 46.6 Å². The molecule has 0 spiro atoms. The lowest BCUT2D eigenvalue weighted by Gasteiger charge is -2.37. The van der Waals surface area contributed by atoms with Crippen LogP contribution in [0.4, 0.5) is 5.82 Å². The van der Waals surface area contributed by atoms with Gasteiger partial charge in [-0.05, 0) is 53.9 Å². The molecule has 6 rings (SSSR count). The van der Waals surface area contributed by atoms with Crippen LogP contribution >= 0.6 is 24.0 Å². The molecule has 0 radical (unpaired) electrons. The van der Waals surface area contributed by atoms with E-state index in [2.05, 4.69) is 34.6 Å². The predicted molar refractivity (Wildman–Crippen MR) is 193 cm³/mol. The molecule has 1 saturated heterocycles. The molecule has 4 aromatic carbocycles. The monoisotopic (exact) mass is 677 g/mol. The van der Waals surface area contributed by atoms with Crippen molar-refractivity contribution in [3.05, 3.63) is 160 Å². The van der Waals surface area contributed by atoms with E-state index in [0.29, 0.717) is 12.0 Å². The zero-order valence-electron chi connectivity index (χ0n) is 26.5. The molecule has 3 atom stereocenters. The maximum absolute atomic E-state index is 13.3. The molecule has 244 valence electrons. The Bertz CT molecular complexity index is 1870. The van der Waals surface area contributed by atoms with E-state index in [0.717, 1.165) is 26.6 Å². The van der Waals surface area contributed by atoms with Gasteiger partial charge in [0.1, 0.15) is 23.4 Å². The molecule has 1 N–H and O–H groups in total. The van der Waals surface area contributed by atoms with Crippen LogP contribution in [-0.2, 0) is 15.1 Å². The second-order valence-electron chi connectivity index (χ2n) is 11.3. The zero-order valence-corrected chi connectivity index (χ0v) is 28.2. The molecule has 1 fully saturated rings. The number of ether oxygens (including phenoxy) is 3. The Balaban J connectivity index is 1.30. The number of benzene rings is 4. The van der Waals surface area contributed by atoms with Crippen LogP contribution in [0.25, 0.3) is 0 Å². The number of methoxy groups -OCH3 is 1. The molecule has 1 aromatic heterocycles. The second-order valence-corrected chi connectivity index (χ2v) is 13.6. The number of amides is 1. The summed E-state index contributed by atoms with van der Waals surface area (Å²) in [6, 6.07) is 38.5. The van der Waals surface area contributed by atoms with Crippen LogP contribution in [0.15, 0.2) is 132 Å². The molecule has 0 unspecified atom stereocenters. The molecule has 48 heavy (non-hydrogen) atoms. The molecule has 0 aliphatic carbocycles. The molecular weight excluding hydrogens is 643 g/mol. The summed E-state index contributed by atoms with van der Waals surface area (Å²) < 4.78 is 21.4. The quantitative estimate of drug-likeness (QED) is 0.116. The van der Waals surface area contributed by atoms with Crippen LogP contribution in [0.3, 0.4) is 0 Å². The summed E-state index contributed by atoms with van der Waals surface area (Å²) in [5.41, 5.74) is 1.81. The lowest BCUT2D eigenvalue weighted by Crippen LogP contribution is -2.37. The largest absolute Gasteiger partial charge is 0.497 e. The van der Waals surface area contributed by atoms with Crippen molar-refractivity contribution in [3.63, 3.8) is 0 Å². The van der Waals surface area contributed by atoms with Crippen LogP contribution in [0.2, 0.25) is 0 Å². The van der Waals surface area contributed by atoms with E-state index >= 15 is 0 Å². The molecule has 0 bridgehead atoms. The van der Waals surface area contributed by atoms with E-state index in [1.807, 2.05) is 73.7 Å². The number of aromatic nitrogens is 2. The highest BCUT2D eigenvalue weighted by Crippen LogP contribution is 2.43. The van der Waals surface area contributed by atoms with Crippen molar-refractivity contribution < 1.29 is 19.0 Å². The Morgan fingerprint density at radius 3 is 2.06 bits per heavy atom. The number of anilines is 1. The van der Waals surface area contributed by atoms with Crippen molar-refractivity contribution in [3.8, 4) is 5.75 Å². The van der Waals surface area contributed by atoms with Gasteiger partial charge >= 0.3 is 5.69 Å². The maximum atomic E-state index is 13.3. The molecule has 8 nitrogen and oxygen atoms in total. The number of carbonyl (C=O) groups is 1. The molecular formula is C38H35N3O5S2. The van der Waals surface area contributed by atoms with Gasteiger partial charge < -0.3 is 19.5 Å². The molecule has 2 heterocycles. The lowest BCUT2D eigenvalue weighted by atomic mass is 9.80. The number of carbonyl (C=O) groups excluding carboxylic acids is 1. The summed E-state index contributed by atoms with van der Waals surface area (Å²) in [4.78, 5) is 30.0. The summed E-state index contributed by atoms with van der Waals surface area (Å²) >= 11 is 7.05. The lowest BCUT2D eigenvalue weighted by molar-refractivity contribution is -0.0764. The van der Waals surface area contributed by atoms with Gasteiger partial charge in [0.05, 0.1) is 19.8 Å². The summed E-state index contributed by atoms with van der Waals surface area (Å²) in [5, 5.41) is 2.61. The number of rotatable bonds is 11. The number of thiocarbonyl (C=S) groups is 1. The first kappa shape index (κ1) is 33.3. The highest BCUT2D eigenvalue weighted by molar-refractivity contribution is 8.23. The number of thioether (sulfide) groups is 1. The van der Waals surface area contributed by atoms with E-state index in [1.165, 1.54) is 4.57 Å². The Labute approximate surface area is 289 Å². The average Bonchev–Trinajstić information content (AvgIpc) is 3.51. The smallest absolute Gasteiger partial charge is 0.351 e. The van der Waals surface area contributed by atoms with E-state index in [4.69, 9.17) is 26.4 Å². The minimum Gasteiger partial charge on any atom is -0.497 e. The van der Waals surface area contributed by atoms with Gasteiger partial charge in [-0.1, -0.05) is 103 Å². The van der Waals surface area contributed by atoms with Crippen molar-refractivity contribution in [2.75, 3.05) is 19.0 Å². The van der Waals surface area contributed by atoms with Gasteiger partial charge in [0.25, 0.3) is 5.91 Å². The van der Waals surface area contributed by atoms with Crippen molar-refractivity contribution >= 4 is 39.9 Å². The first-order chi connectivity index (χ1) is 23.4.